The molecule has 3 fully saturated rings. The molecule has 2 aromatic heterocycles. The highest BCUT2D eigenvalue weighted by atomic mass is 35.5. The molecule has 0 radical (unpaired) electrons. The molecule has 0 amide bonds. The average molecular weight is 554 g/mol. The molecule has 1 saturated carbocycles. The van der Waals surface area contributed by atoms with Crippen LogP contribution < -0.4 is 9.64 Å². The average Bonchev–Trinajstić information content (AvgIpc) is 3.69. The van der Waals surface area contributed by atoms with Crippen LogP contribution in [-0.2, 0) is 6.54 Å². The predicted octanol–water partition coefficient (Wildman–Crippen LogP) is 6.01. The lowest BCUT2D eigenvalue weighted by molar-refractivity contribution is 0.266. The number of likely N-dealkylation sites (N-methyl/N-ethyl adjacent to an activating group) is 1. The van der Waals surface area contributed by atoms with Gasteiger partial charge in [0.1, 0.15) is 0 Å². The lowest BCUT2D eigenvalue weighted by Crippen LogP contribution is -2.30. The molecule has 38 heavy (non-hydrogen) atoms. The molecule has 2 unspecified atom stereocenters. The number of fused-ring (bicyclic) bond motifs is 1. The van der Waals surface area contributed by atoms with E-state index in [4.69, 9.17) is 32.9 Å². The predicted molar refractivity (Wildman–Crippen MR) is 152 cm³/mol. The monoisotopic (exact) mass is 552 g/mol. The van der Waals surface area contributed by atoms with E-state index in [1.807, 2.05) is 18.2 Å². The Labute approximate surface area is 234 Å². The number of rotatable bonds is 6. The van der Waals surface area contributed by atoms with Crippen LogP contribution in [0.4, 0.5) is 5.95 Å². The largest absolute Gasteiger partial charge is 0.436 e. The van der Waals surface area contributed by atoms with Crippen LogP contribution in [0.3, 0.4) is 0 Å². The molecule has 1 aliphatic carbocycles. The summed E-state index contributed by atoms with van der Waals surface area (Å²) in [7, 11) is 2.16. The van der Waals surface area contributed by atoms with Gasteiger partial charge in [0.15, 0.2) is 5.75 Å². The van der Waals surface area contributed by atoms with Crippen LogP contribution in [0.1, 0.15) is 31.2 Å². The van der Waals surface area contributed by atoms with E-state index in [1.54, 1.807) is 18.5 Å². The molecule has 0 N–H and O–H groups in total. The van der Waals surface area contributed by atoms with Crippen molar-refractivity contribution in [1.29, 1.82) is 0 Å². The maximum Gasteiger partial charge on any atom is 0.225 e. The van der Waals surface area contributed by atoms with E-state index >= 15 is 0 Å². The second-order valence-electron chi connectivity index (χ2n) is 10.9. The fourth-order valence-electron chi connectivity index (χ4n) is 5.69. The second kappa shape index (κ2) is 11.3. The number of ether oxygens (including phenoxy) is 1. The minimum absolute atomic E-state index is 0.513. The highest BCUT2D eigenvalue weighted by molar-refractivity contribution is 6.35. The van der Waals surface area contributed by atoms with E-state index in [0.29, 0.717) is 21.7 Å². The first-order chi connectivity index (χ1) is 18.5. The van der Waals surface area contributed by atoms with Gasteiger partial charge in [0, 0.05) is 47.9 Å². The van der Waals surface area contributed by atoms with Crippen LogP contribution in [0.25, 0.3) is 11.3 Å². The molecule has 0 bridgehead atoms. The quantitative estimate of drug-likeness (QED) is 0.371. The third kappa shape index (κ3) is 6.40. The van der Waals surface area contributed by atoms with Crippen molar-refractivity contribution in [2.24, 2.45) is 11.8 Å². The number of aromatic nitrogens is 3. The molecular formula is C29H34Cl2N6O. The van der Waals surface area contributed by atoms with Crippen LogP contribution in [0.5, 0.6) is 11.6 Å². The molecule has 9 heteroatoms. The molecule has 2 saturated heterocycles. The first kappa shape index (κ1) is 25.8. The van der Waals surface area contributed by atoms with Crippen LogP contribution in [0.2, 0.25) is 10.0 Å². The van der Waals surface area contributed by atoms with Crippen molar-refractivity contribution in [3.05, 3.63) is 58.3 Å². The standard InChI is InChI=1S/C29H34Cl2N6O/c1-35-5-2-6-37(10-9-35)29-32-17-26(18-33-29)38-28-12-20(19-36-7-3-21-13-22(21)4-8-36)11-27(34-28)23-14-24(30)16-25(31)15-23/h11-12,14-18,21-22H,2-10,13,19H2,1H3. The minimum atomic E-state index is 0.513. The van der Waals surface area contributed by atoms with E-state index in [0.717, 1.165) is 86.8 Å². The van der Waals surface area contributed by atoms with Gasteiger partial charge in [0.25, 0.3) is 0 Å². The maximum atomic E-state index is 6.32. The van der Waals surface area contributed by atoms with Crippen molar-refractivity contribution in [3.8, 4) is 22.9 Å². The molecule has 200 valence electrons. The summed E-state index contributed by atoms with van der Waals surface area (Å²) in [5.41, 5.74) is 2.80. The zero-order valence-electron chi connectivity index (χ0n) is 21.8. The molecule has 7 nitrogen and oxygen atoms in total. The second-order valence-corrected chi connectivity index (χ2v) is 11.8. The summed E-state index contributed by atoms with van der Waals surface area (Å²) in [6, 6.07) is 9.66. The molecule has 3 aliphatic rings. The van der Waals surface area contributed by atoms with Gasteiger partial charge in [0.2, 0.25) is 11.8 Å². The zero-order valence-corrected chi connectivity index (χ0v) is 23.3. The smallest absolute Gasteiger partial charge is 0.225 e. The first-order valence-corrected chi connectivity index (χ1v) is 14.4. The van der Waals surface area contributed by atoms with Crippen LogP contribution >= 0.6 is 23.2 Å². The summed E-state index contributed by atoms with van der Waals surface area (Å²) in [6.45, 7) is 7.12. The summed E-state index contributed by atoms with van der Waals surface area (Å²) in [5.74, 6) is 3.70. The molecule has 2 aliphatic heterocycles. The first-order valence-electron chi connectivity index (χ1n) is 13.6. The van der Waals surface area contributed by atoms with E-state index in [-0.39, 0.29) is 0 Å². The Morgan fingerprint density at radius 2 is 1.61 bits per heavy atom. The van der Waals surface area contributed by atoms with Gasteiger partial charge < -0.3 is 14.5 Å². The van der Waals surface area contributed by atoms with Gasteiger partial charge in [-0.2, -0.15) is 0 Å². The number of nitrogens with zero attached hydrogens (tertiary/aromatic N) is 6. The maximum absolute atomic E-state index is 6.32. The Morgan fingerprint density at radius 3 is 2.34 bits per heavy atom. The van der Waals surface area contributed by atoms with Gasteiger partial charge in [-0.15, -0.1) is 0 Å². The molecule has 1 aromatic carbocycles. The highest BCUT2D eigenvalue weighted by Gasteiger charge is 2.38. The van der Waals surface area contributed by atoms with Gasteiger partial charge >= 0.3 is 0 Å². The van der Waals surface area contributed by atoms with Crippen LogP contribution in [-0.4, -0.2) is 71.1 Å². The van der Waals surface area contributed by atoms with E-state index in [1.165, 1.54) is 19.3 Å². The van der Waals surface area contributed by atoms with Crippen molar-refractivity contribution in [1.82, 2.24) is 24.8 Å². The van der Waals surface area contributed by atoms with Gasteiger partial charge in [-0.05, 0) is 94.0 Å². The van der Waals surface area contributed by atoms with Crippen molar-refractivity contribution in [2.45, 2.75) is 32.2 Å². The normalized spacial score (nSPS) is 22.4. The summed E-state index contributed by atoms with van der Waals surface area (Å²) >= 11 is 12.6. The van der Waals surface area contributed by atoms with Crippen molar-refractivity contribution >= 4 is 29.2 Å². The van der Waals surface area contributed by atoms with Gasteiger partial charge in [-0.25, -0.2) is 15.0 Å². The number of halogens is 2. The SMILES string of the molecule is CN1CCCN(c2ncc(Oc3cc(CN4CCC5CC5CC4)cc(-c4cc(Cl)cc(Cl)c4)n3)cn2)CC1. The Bertz CT molecular complexity index is 1240. The summed E-state index contributed by atoms with van der Waals surface area (Å²) in [5, 5.41) is 1.16. The molecule has 2 atom stereocenters. The van der Waals surface area contributed by atoms with E-state index < -0.39 is 0 Å². The Hall–Kier alpha value is -2.45. The van der Waals surface area contributed by atoms with Crippen molar-refractivity contribution in [2.75, 3.05) is 51.2 Å². The minimum Gasteiger partial charge on any atom is -0.436 e. The number of hydrogen-bond donors (Lipinski definition) is 0. The number of anilines is 1. The molecule has 6 rings (SSSR count). The number of pyridine rings is 1. The van der Waals surface area contributed by atoms with Crippen LogP contribution in [0.15, 0.2) is 42.7 Å². The zero-order chi connectivity index (χ0) is 26.1. The molecule has 3 aromatic rings. The van der Waals surface area contributed by atoms with E-state index in [9.17, 15) is 0 Å². The lowest BCUT2D eigenvalue weighted by Gasteiger charge is -2.21. The number of benzene rings is 1. The highest BCUT2D eigenvalue weighted by Crippen LogP contribution is 2.45. The Kier molecular flexibility index (Phi) is 7.70. The van der Waals surface area contributed by atoms with Crippen LogP contribution in [0, 0.1) is 11.8 Å². The molecule has 0 spiro atoms. The summed E-state index contributed by atoms with van der Waals surface area (Å²) in [4.78, 5) is 21.2. The number of hydrogen-bond acceptors (Lipinski definition) is 7. The van der Waals surface area contributed by atoms with Gasteiger partial charge in [-0.3, -0.25) is 4.90 Å². The van der Waals surface area contributed by atoms with Crippen molar-refractivity contribution < 1.29 is 4.74 Å². The lowest BCUT2D eigenvalue weighted by atomic mass is 10.1. The van der Waals surface area contributed by atoms with E-state index in [2.05, 4.69) is 37.8 Å². The number of likely N-dealkylation sites (tertiary alicyclic amines) is 1. The Balaban J connectivity index is 1.23. The van der Waals surface area contributed by atoms with Crippen molar-refractivity contribution in [3.63, 3.8) is 0 Å². The van der Waals surface area contributed by atoms with Gasteiger partial charge in [-0.1, -0.05) is 23.2 Å². The molecular weight excluding hydrogens is 519 g/mol. The topological polar surface area (TPSA) is 57.6 Å². The third-order valence-corrected chi connectivity index (χ3v) is 8.40. The van der Waals surface area contributed by atoms with Gasteiger partial charge in [0.05, 0.1) is 18.1 Å². The summed E-state index contributed by atoms with van der Waals surface area (Å²) < 4.78 is 6.22. The fraction of sp³-hybridized carbons (Fsp3) is 0.483. The third-order valence-electron chi connectivity index (χ3n) is 7.97. The fourth-order valence-corrected chi connectivity index (χ4v) is 6.21. The Morgan fingerprint density at radius 1 is 0.868 bits per heavy atom. The molecule has 4 heterocycles. The summed E-state index contributed by atoms with van der Waals surface area (Å²) in [6.07, 6.45) is 8.60.